The van der Waals surface area contributed by atoms with Crippen molar-refractivity contribution in [1.82, 2.24) is 10.5 Å². The third-order valence-electron chi connectivity index (χ3n) is 5.92. The van der Waals surface area contributed by atoms with Crippen molar-refractivity contribution in [2.75, 3.05) is 13.7 Å². The van der Waals surface area contributed by atoms with Gasteiger partial charge in [0.15, 0.2) is 0 Å². The first-order valence-corrected chi connectivity index (χ1v) is 9.55. The van der Waals surface area contributed by atoms with E-state index in [0.717, 1.165) is 36.5 Å². The number of aliphatic hydroxyl groups is 1. The molecule has 2 aromatic rings. The van der Waals surface area contributed by atoms with Crippen LogP contribution in [0.1, 0.15) is 44.4 Å². The highest BCUT2D eigenvalue weighted by Crippen LogP contribution is 2.43. The molecule has 26 heavy (non-hydrogen) atoms. The first-order chi connectivity index (χ1) is 12.6. The highest BCUT2D eigenvalue weighted by Gasteiger charge is 2.49. The molecule has 4 atom stereocenters. The second-order valence-electron chi connectivity index (χ2n) is 7.45. The van der Waals surface area contributed by atoms with Gasteiger partial charge in [0.05, 0.1) is 24.8 Å². The van der Waals surface area contributed by atoms with Crippen molar-refractivity contribution in [3.8, 4) is 5.75 Å². The van der Waals surface area contributed by atoms with Crippen LogP contribution < -0.4 is 10.1 Å². The van der Waals surface area contributed by atoms with Gasteiger partial charge in [0.1, 0.15) is 11.5 Å². The molecular weight excluding hydrogens is 328 g/mol. The quantitative estimate of drug-likeness (QED) is 0.795. The highest BCUT2D eigenvalue weighted by atomic mass is 16.5. The molecule has 1 fully saturated rings. The minimum atomic E-state index is -0.502. The van der Waals surface area contributed by atoms with Gasteiger partial charge < -0.3 is 19.7 Å². The summed E-state index contributed by atoms with van der Waals surface area (Å²) >= 11 is 0. The minimum absolute atomic E-state index is 0.281. The zero-order chi connectivity index (χ0) is 18.6. The van der Waals surface area contributed by atoms with Gasteiger partial charge in [-0.25, -0.2) is 0 Å². The molecule has 5 heteroatoms. The van der Waals surface area contributed by atoms with Crippen LogP contribution in [0.4, 0.5) is 0 Å². The van der Waals surface area contributed by atoms with Crippen molar-refractivity contribution in [2.45, 2.75) is 57.1 Å². The second kappa shape index (κ2) is 8.23. The number of piperidine rings is 1. The maximum absolute atomic E-state index is 11.2. The van der Waals surface area contributed by atoms with E-state index in [2.05, 4.69) is 29.5 Å². The number of nitrogens with zero attached hydrogens (tertiary/aromatic N) is 1. The lowest BCUT2D eigenvalue weighted by atomic mass is 9.62. The number of aliphatic hydroxyl groups excluding tert-OH is 1. The van der Waals surface area contributed by atoms with Gasteiger partial charge in [0, 0.05) is 12.1 Å². The van der Waals surface area contributed by atoms with Crippen molar-refractivity contribution < 1.29 is 14.4 Å². The van der Waals surface area contributed by atoms with Gasteiger partial charge in [0.2, 0.25) is 0 Å². The molecule has 0 spiro atoms. The lowest BCUT2D eigenvalue weighted by molar-refractivity contribution is 0.00759. The third kappa shape index (κ3) is 3.64. The first kappa shape index (κ1) is 18.9. The Morgan fingerprint density at radius 3 is 2.62 bits per heavy atom. The van der Waals surface area contributed by atoms with Crippen molar-refractivity contribution in [3.63, 3.8) is 0 Å². The zero-order valence-corrected chi connectivity index (χ0v) is 15.9. The predicted molar refractivity (Wildman–Crippen MR) is 101 cm³/mol. The van der Waals surface area contributed by atoms with Crippen LogP contribution in [0.5, 0.6) is 5.75 Å². The summed E-state index contributed by atoms with van der Waals surface area (Å²) < 4.78 is 10.9. The van der Waals surface area contributed by atoms with E-state index in [-0.39, 0.29) is 5.92 Å². The molecule has 1 aromatic carbocycles. The van der Waals surface area contributed by atoms with Crippen LogP contribution in [0.2, 0.25) is 0 Å². The van der Waals surface area contributed by atoms with Gasteiger partial charge in [-0.1, -0.05) is 24.2 Å². The lowest BCUT2D eigenvalue weighted by Crippen LogP contribution is -2.53. The van der Waals surface area contributed by atoms with E-state index >= 15 is 0 Å². The summed E-state index contributed by atoms with van der Waals surface area (Å²) in [5, 5.41) is 18.7. The summed E-state index contributed by atoms with van der Waals surface area (Å²) in [7, 11) is 1.67. The number of nitrogens with one attached hydrogen (secondary N) is 1. The molecule has 0 aliphatic carbocycles. The van der Waals surface area contributed by atoms with Gasteiger partial charge in [0.25, 0.3) is 0 Å². The van der Waals surface area contributed by atoms with Crippen molar-refractivity contribution >= 4 is 0 Å². The molecule has 5 nitrogen and oxygen atoms in total. The number of hydrogen-bond donors (Lipinski definition) is 2. The summed E-state index contributed by atoms with van der Waals surface area (Å²) in [6.45, 7) is 5.11. The SMILES string of the molecule is CCC(O)C(Cc1ccc(OC)cc1)(c1ccno1)C1CCC(C)NC1. The molecule has 2 heterocycles. The van der Waals surface area contributed by atoms with Crippen LogP contribution in [0.25, 0.3) is 0 Å². The minimum Gasteiger partial charge on any atom is -0.497 e. The Hall–Kier alpha value is -1.85. The molecule has 1 aliphatic heterocycles. The fourth-order valence-electron chi connectivity index (χ4n) is 4.33. The molecule has 0 radical (unpaired) electrons. The molecule has 4 unspecified atom stereocenters. The van der Waals surface area contributed by atoms with E-state index in [4.69, 9.17) is 9.26 Å². The number of rotatable bonds is 7. The van der Waals surface area contributed by atoms with E-state index < -0.39 is 11.5 Å². The van der Waals surface area contributed by atoms with E-state index in [0.29, 0.717) is 18.9 Å². The molecule has 0 bridgehead atoms. The first-order valence-electron chi connectivity index (χ1n) is 9.55. The number of hydrogen-bond acceptors (Lipinski definition) is 5. The molecule has 1 saturated heterocycles. The molecule has 1 aromatic heterocycles. The van der Waals surface area contributed by atoms with Crippen LogP contribution >= 0.6 is 0 Å². The predicted octanol–water partition coefficient (Wildman–Crippen LogP) is 3.32. The number of aromatic nitrogens is 1. The Bertz CT molecular complexity index is 663. The molecule has 142 valence electrons. The Kier molecular flexibility index (Phi) is 5.99. The topological polar surface area (TPSA) is 67.5 Å². The summed E-state index contributed by atoms with van der Waals surface area (Å²) in [5.74, 6) is 1.90. The van der Waals surface area contributed by atoms with Gasteiger partial charge in [-0.3, -0.25) is 0 Å². The summed E-state index contributed by atoms with van der Waals surface area (Å²) in [4.78, 5) is 0. The normalized spacial score (nSPS) is 24.0. The van der Waals surface area contributed by atoms with E-state index in [1.165, 1.54) is 0 Å². The zero-order valence-electron chi connectivity index (χ0n) is 15.9. The van der Waals surface area contributed by atoms with Crippen LogP contribution in [-0.2, 0) is 11.8 Å². The van der Waals surface area contributed by atoms with Crippen LogP contribution in [0.3, 0.4) is 0 Å². The lowest BCUT2D eigenvalue weighted by Gasteiger charge is -2.45. The van der Waals surface area contributed by atoms with Crippen LogP contribution in [0, 0.1) is 5.92 Å². The van der Waals surface area contributed by atoms with Crippen molar-refractivity contribution in [1.29, 1.82) is 0 Å². The maximum Gasteiger partial charge on any atom is 0.146 e. The molecule has 0 saturated carbocycles. The summed E-state index contributed by atoms with van der Waals surface area (Å²) in [6.07, 6.45) is 4.71. The number of benzene rings is 1. The average molecular weight is 358 g/mol. The second-order valence-corrected chi connectivity index (χ2v) is 7.45. The van der Waals surface area contributed by atoms with Gasteiger partial charge in [-0.15, -0.1) is 0 Å². The van der Waals surface area contributed by atoms with Crippen LogP contribution in [0.15, 0.2) is 41.1 Å². The fraction of sp³-hybridized carbons (Fsp3) is 0.571. The van der Waals surface area contributed by atoms with E-state index in [1.807, 2.05) is 25.1 Å². The molecule has 0 amide bonds. The van der Waals surface area contributed by atoms with Gasteiger partial charge in [-0.2, -0.15) is 0 Å². The fourth-order valence-corrected chi connectivity index (χ4v) is 4.33. The number of ether oxygens (including phenoxy) is 1. The van der Waals surface area contributed by atoms with Gasteiger partial charge >= 0.3 is 0 Å². The summed E-state index contributed by atoms with van der Waals surface area (Å²) in [5.41, 5.74) is 0.667. The Labute approximate surface area is 155 Å². The molecular formula is C21H30N2O3. The maximum atomic E-state index is 11.2. The highest BCUT2D eigenvalue weighted by molar-refractivity contribution is 5.31. The third-order valence-corrected chi connectivity index (χ3v) is 5.92. The van der Waals surface area contributed by atoms with Crippen LogP contribution in [-0.4, -0.2) is 36.1 Å². The number of methoxy groups -OCH3 is 1. The monoisotopic (exact) mass is 358 g/mol. The van der Waals surface area contributed by atoms with Gasteiger partial charge in [-0.05, 0) is 62.8 Å². The van der Waals surface area contributed by atoms with Crippen molar-refractivity contribution in [3.05, 3.63) is 47.9 Å². The van der Waals surface area contributed by atoms with E-state index in [1.54, 1.807) is 13.3 Å². The molecule has 1 aliphatic rings. The molecule has 2 N–H and O–H groups in total. The standard InChI is InChI=1S/C21H30N2O3/c1-4-19(24)21(20-11-12-23-26-20,17-8-5-15(2)22-14-17)13-16-6-9-18(25-3)10-7-16/h6-7,9-12,15,17,19,22,24H,4-5,8,13-14H2,1-3H3. The smallest absolute Gasteiger partial charge is 0.146 e. The largest absolute Gasteiger partial charge is 0.497 e. The Morgan fingerprint density at radius 1 is 1.31 bits per heavy atom. The average Bonchev–Trinajstić information content (AvgIpc) is 3.22. The Morgan fingerprint density at radius 2 is 2.08 bits per heavy atom. The Balaban J connectivity index is 2.00. The van der Waals surface area contributed by atoms with Crippen molar-refractivity contribution in [2.24, 2.45) is 5.92 Å². The summed E-state index contributed by atoms with van der Waals surface area (Å²) in [6, 6.07) is 10.5. The van der Waals surface area contributed by atoms with E-state index in [9.17, 15) is 5.11 Å². The molecule has 3 rings (SSSR count).